The second-order valence-corrected chi connectivity index (χ2v) is 9.88. The lowest BCUT2D eigenvalue weighted by Crippen LogP contribution is -2.27. The number of Topliss-reactive ketones (excluding diaryl/α,β-unsaturated/α-hetero) is 1. The zero-order valence-corrected chi connectivity index (χ0v) is 18.9. The Morgan fingerprint density at radius 3 is 2.81 bits per heavy atom. The van der Waals surface area contributed by atoms with Gasteiger partial charge in [0, 0.05) is 17.6 Å². The SMILES string of the molecule is COCCn1c(S[C@@H](C)C(=O)c2ccc(F)c(F)c2)nc2sc3c(c2c1=O)CCCC3. The minimum Gasteiger partial charge on any atom is -0.383 e. The van der Waals surface area contributed by atoms with Gasteiger partial charge in [-0.2, -0.15) is 0 Å². The van der Waals surface area contributed by atoms with Crippen molar-refractivity contribution in [3.63, 3.8) is 0 Å². The van der Waals surface area contributed by atoms with Crippen LogP contribution >= 0.6 is 23.1 Å². The lowest BCUT2D eigenvalue weighted by atomic mass is 9.97. The maximum atomic E-state index is 13.6. The number of fused-ring (bicyclic) bond motifs is 3. The maximum absolute atomic E-state index is 13.6. The van der Waals surface area contributed by atoms with E-state index in [1.165, 1.54) is 10.9 Å². The van der Waals surface area contributed by atoms with Crippen LogP contribution in [0.15, 0.2) is 28.2 Å². The van der Waals surface area contributed by atoms with E-state index in [-0.39, 0.29) is 16.9 Å². The molecule has 0 saturated carbocycles. The first-order valence-electron chi connectivity index (χ1n) is 10.1. The molecule has 0 radical (unpaired) electrons. The lowest BCUT2D eigenvalue weighted by molar-refractivity contribution is 0.0993. The number of hydrogen-bond donors (Lipinski definition) is 0. The average Bonchev–Trinajstić information content (AvgIpc) is 3.13. The third-order valence-electron chi connectivity index (χ3n) is 5.41. The summed E-state index contributed by atoms with van der Waals surface area (Å²) < 4.78 is 33.5. The number of aromatic nitrogens is 2. The van der Waals surface area contributed by atoms with Crippen LogP contribution in [0.4, 0.5) is 8.78 Å². The Hall–Kier alpha value is -2.10. The summed E-state index contributed by atoms with van der Waals surface area (Å²) in [6, 6.07) is 3.10. The molecule has 0 spiro atoms. The number of aryl methyl sites for hydroxylation is 2. The Morgan fingerprint density at radius 2 is 2.06 bits per heavy atom. The van der Waals surface area contributed by atoms with Gasteiger partial charge in [0.25, 0.3) is 5.56 Å². The molecule has 5 nitrogen and oxygen atoms in total. The molecule has 2 heterocycles. The summed E-state index contributed by atoms with van der Waals surface area (Å²) in [5.74, 6) is -2.43. The minimum absolute atomic E-state index is 0.0809. The molecule has 1 aliphatic carbocycles. The summed E-state index contributed by atoms with van der Waals surface area (Å²) in [5.41, 5.74) is 1.08. The van der Waals surface area contributed by atoms with E-state index in [2.05, 4.69) is 0 Å². The molecule has 0 amide bonds. The van der Waals surface area contributed by atoms with Crippen LogP contribution in [0.5, 0.6) is 0 Å². The minimum atomic E-state index is -1.07. The van der Waals surface area contributed by atoms with Crippen molar-refractivity contribution in [2.24, 2.45) is 0 Å². The topological polar surface area (TPSA) is 61.2 Å². The highest BCUT2D eigenvalue weighted by atomic mass is 32.2. The zero-order valence-electron chi connectivity index (χ0n) is 17.2. The summed E-state index contributed by atoms with van der Waals surface area (Å²) in [6.07, 6.45) is 4.01. The van der Waals surface area contributed by atoms with E-state index in [4.69, 9.17) is 9.72 Å². The fourth-order valence-corrected chi connectivity index (χ4v) is 6.10. The second-order valence-electron chi connectivity index (χ2n) is 7.49. The quantitative estimate of drug-likeness (QED) is 0.290. The molecule has 31 heavy (non-hydrogen) atoms. The molecule has 1 atom stereocenters. The molecule has 0 fully saturated rings. The number of methoxy groups -OCH3 is 1. The molecular formula is C22H22F2N2O3S2. The third kappa shape index (κ3) is 4.31. The van der Waals surface area contributed by atoms with Crippen LogP contribution in [0, 0.1) is 11.6 Å². The molecular weight excluding hydrogens is 442 g/mol. The van der Waals surface area contributed by atoms with Gasteiger partial charge in [-0.05, 0) is 56.4 Å². The smallest absolute Gasteiger partial charge is 0.263 e. The first-order chi connectivity index (χ1) is 14.9. The molecule has 4 rings (SSSR count). The van der Waals surface area contributed by atoms with Gasteiger partial charge in [-0.3, -0.25) is 14.2 Å². The second kappa shape index (κ2) is 9.18. The summed E-state index contributed by atoms with van der Waals surface area (Å²) in [6.45, 7) is 2.32. The number of thioether (sulfide) groups is 1. The fourth-order valence-electron chi connectivity index (χ4n) is 3.79. The van der Waals surface area contributed by atoms with Gasteiger partial charge >= 0.3 is 0 Å². The molecule has 0 saturated heterocycles. The first-order valence-corrected chi connectivity index (χ1v) is 11.8. The molecule has 0 N–H and O–H groups in total. The van der Waals surface area contributed by atoms with Crippen LogP contribution in [0.2, 0.25) is 0 Å². The van der Waals surface area contributed by atoms with E-state index in [0.717, 1.165) is 55.1 Å². The van der Waals surface area contributed by atoms with Gasteiger partial charge < -0.3 is 4.74 Å². The monoisotopic (exact) mass is 464 g/mol. The Morgan fingerprint density at radius 1 is 1.29 bits per heavy atom. The molecule has 0 unspecified atom stereocenters. The van der Waals surface area contributed by atoms with E-state index in [9.17, 15) is 18.4 Å². The molecule has 3 aromatic rings. The van der Waals surface area contributed by atoms with Crippen molar-refractivity contribution in [2.75, 3.05) is 13.7 Å². The van der Waals surface area contributed by atoms with Gasteiger partial charge in [-0.15, -0.1) is 11.3 Å². The van der Waals surface area contributed by atoms with Crippen LogP contribution in [-0.2, 0) is 24.1 Å². The summed E-state index contributed by atoms with van der Waals surface area (Å²) in [7, 11) is 1.56. The van der Waals surface area contributed by atoms with E-state index in [1.54, 1.807) is 29.9 Å². The predicted molar refractivity (Wildman–Crippen MR) is 118 cm³/mol. The van der Waals surface area contributed by atoms with E-state index in [1.807, 2.05) is 0 Å². The van der Waals surface area contributed by atoms with E-state index in [0.29, 0.717) is 28.5 Å². The van der Waals surface area contributed by atoms with E-state index < -0.39 is 16.9 Å². The number of ketones is 1. The largest absolute Gasteiger partial charge is 0.383 e. The van der Waals surface area contributed by atoms with Crippen LogP contribution < -0.4 is 5.56 Å². The normalized spacial score (nSPS) is 14.6. The van der Waals surface area contributed by atoms with Crippen molar-refractivity contribution in [3.05, 3.63) is 56.2 Å². The number of ether oxygens (including phenoxy) is 1. The van der Waals surface area contributed by atoms with Gasteiger partial charge in [0.2, 0.25) is 0 Å². The highest BCUT2D eigenvalue weighted by molar-refractivity contribution is 8.00. The molecule has 9 heteroatoms. The highest BCUT2D eigenvalue weighted by Gasteiger charge is 2.25. The fraction of sp³-hybridized carbons (Fsp3) is 0.409. The lowest BCUT2D eigenvalue weighted by Gasteiger charge is -2.16. The highest BCUT2D eigenvalue weighted by Crippen LogP contribution is 2.35. The van der Waals surface area contributed by atoms with E-state index >= 15 is 0 Å². The Bertz CT molecular complexity index is 1210. The number of carbonyl (C=O) groups is 1. The van der Waals surface area contributed by atoms with Gasteiger partial charge in [0.1, 0.15) is 4.83 Å². The van der Waals surface area contributed by atoms with Crippen LogP contribution in [-0.4, -0.2) is 34.3 Å². The van der Waals surface area contributed by atoms with Crippen molar-refractivity contribution in [3.8, 4) is 0 Å². The van der Waals surface area contributed by atoms with Crippen molar-refractivity contribution < 1.29 is 18.3 Å². The van der Waals surface area contributed by atoms with Gasteiger partial charge in [-0.25, -0.2) is 13.8 Å². The molecule has 1 aliphatic rings. The summed E-state index contributed by atoms with van der Waals surface area (Å²) in [5, 5.41) is 0.467. The molecule has 0 aliphatic heterocycles. The van der Waals surface area contributed by atoms with Crippen molar-refractivity contribution >= 4 is 39.1 Å². The standard InChI is InChI=1S/C22H22F2N2O3S2/c1-12(19(27)13-7-8-15(23)16(24)11-13)30-22-25-20-18(21(28)26(22)9-10-29-2)14-5-3-4-6-17(14)31-20/h7-8,11-12H,3-6,9-10H2,1-2H3/t12-/m0/s1. The number of benzene rings is 1. The average molecular weight is 465 g/mol. The van der Waals surface area contributed by atoms with Gasteiger partial charge in [0.15, 0.2) is 22.6 Å². The zero-order chi connectivity index (χ0) is 22.1. The number of thiophene rings is 1. The van der Waals surface area contributed by atoms with Crippen molar-refractivity contribution in [2.45, 2.75) is 49.6 Å². The van der Waals surface area contributed by atoms with Crippen molar-refractivity contribution in [1.29, 1.82) is 0 Å². The number of carbonyl (C=O) groups excluding carboxylic acids is 1. The Labute approximate surface area is 186 Å². The predicted octanol–water partition coefficient (Wildman–Crippen LogP) is 4.62. The van der Waals surface area contributed by atoms with Crippen LogP contribution in [0.3, 0.4) is 0 Å². The van der Waals surface area contributed by atoms with Gasteiger partial charge in [0.05, 0.1) is 23.8 Å². The number of halogens is 2. The number of nitrogens with zero attached hydrogens (tertiary/aromatic N) is 2. The molecule has 1 aromatic carbocycles. The number of hydrogen-bond acceptors (Lipinski definition) is 6. The number of rotatable bonds is 7. The van der Waals surface area contributed by atoms with Crippen LogP contribution in [0.25, 0.3) is 10.2 Å². The molecule has 2 aromatic heterocycles. The van der Waals surface area contributed by atoms with Crippen LogP contribution in [0.1, 0.15) is 40.6 Å². The van der Waals surface area contributed by atoms with Gasteiger partial charge in [-0.1, -0.05) is 11.8 Å². The molecule has 164 valence electrons. The molecule has 0 bridgehead atoms. The summed E-state index contributed by atoms with van der Waals surface area (Å²) in [4.78, 5) is 32.8. The first kappa shape index (κ1) is 22.1. The third-order valence-corrected chi connectivity index (χ3v) is 7.69. The van der Waals surface area contributed by atoms with Crippen molar-refractivity contribution in [1.82, 2.24) is 9.55 Å². The maximum Gasteiger partial charge on any atom is 0.263 e. The Balaban J connectivity index is 1.72. The Kier molecular flexibility index (Phi) is 6.55. The summed E-state index contributed by atoms with van der Waals surface area (Å²) >= 11 is 2.70.